The van der Waals surface area contributed by atoms with Crippen LogP contribution in [0.25, 0.3) is 0 Å². The monoisotopic (exact) mass is 388 g/mol. The van der Waals surface area contributed by atoms with Crippen LogP contribution in [0.2, 0.25) is 0 Å². The summed E-state index contributed by atoms with van der Waals surface area (Å²) in [6.45, 7) is 9.52. The van der Waals surface area contributed by atoms with Gasteiger partial charge in [-0.05, 0) is 39.7 Å². The highest BCUT2D eigenvalue weighted by Gasteiger charge is 2.68. The summed E-state index contributed by atoms with van der Waals surface area (Å²) >= 11 is 0. The van der Waals surface area contributed by atoms with Crippen molar-refractivity contribution in [3.63, 3.8) is 0 Å². The number of carbonyl (C=O) groups is 2. The lowest BCUT2D eigenvalue weighted by Gasteiger charge is -2.29. The minimum Gasteiger partial charge on any atom is -0.477 e. The fourth-order valence-corrected chi connectivity index (χ4v) is 3.77. The van der Waals surface area contributed by atoms with Crippen LogP contribution in [0.5, 0.6) is 5.88 Å². The predicted molar refractivity (Wildman–Crippen MR) is 103 cm³/mol. The number of piperidine rings is 1. The second kappa shape index (κ2) is 7.45. The number of aromatic nitrogens is 1. The summed E-state index contributed by atoms with van der Waals surface area (Å²) in [5.74, 6) is 0.105. The lowest BCUT2D eigenvalue weighted by Crippen LogP contribution is -2.46. The van der Waals surface area contributed by atoms with Crippen LogP contribution >= 0.6 is 0 Å². The third-order valence-corrected chi connectivity index (χ3v) is 5.14. The number of methoxy groups -OCH3 is 1. The smallest absolute Gasteiger partial charge is 0.411 e. The fourth-order valence-electron chi connectivity index (χ4n) is 3.77. The minimum absolute atomic E-state index is 0.0946. The summed E-state index contributed by atoms with van der Waals surface area (Å²) in [5.41, 5.74) is -0.0259. The van der Waals surface area contributed by atoms with Gasteiger partial charge in [0.2, 0.25) is 5.88 Å². The molecule has 7 heteroatoms. The Kier molecular flexibility index (Phi) is 5.37. The Morgan fingerprint density at radius 2 is 2.11 bits per heavy atom. The largest absolute Gasteiger partial charge is 0.477 e. The van der Waals surface area contributed by atoms with Crippen LogP contribution in [0, 0.1) is 5.41 Å². The molecule has 2 fully saturated rings. The lowest BCUT2D eigenvalue weighted by atomic mass is 10.0. The summed E-state index contributed by atoms with van der Waals surface area (Å²) in [6, 6.07) is 4.87. The minimum atomic E-state index is -0.651. The quantitative estimate of drug-likeness (QED) is 0.550. The number of amides is 1. The standard InChI is InChI=1S/C21H28N2O5/c1-6-8-14-9-7-10-17(22-14)27-13-21-11-15(18(24)26-5)23(16(21)12-21)19(25)28-20(2,3)4/h6-7,9-10,15-16H,1,8,11-13H2,2-5H3/t15-,16?,21-/m0/s1. The van der Waals surface area contributed by atoms with Gasteiger partial charge in [-0.15, -0.1) is 6.58 Å². The van der Waals surface area contributed by atoms with Crippen LogP contribution < -0.4 is 4.74 Å². The van der Waals surface area contributed by atoms with Gasteiger partial charge in [0.25, 0.3) is 0 Å². The van der Waals surface area contributed by atoms with E-state index in [0.29, 0.717) is 25.3 Å². The van der Waals surface area contributed by atoms with Gasteiger partial charge in [0.1, 0.15) is 11.6 Å². The maximum Gasteiger partial charge on any atom is 0.411 e. The van der Waals surface area contributed by atoms with E-state index in [1.807, 2.05) is 12.1 Å². The number of esters is 1. The van der Waals surface area contributed by atoms with Crippen molar-refractivity contribution in [2.75, 3.05) is 13.7 Å². The van der Waals surface area contributed by atoms with Crippen LogP contribution in [0.15, 0.2) is 30.9 Å². The highest BCUT2D eigenvalue weighted by Crippen LogP contribution is 2.60. The average molecular weight is 388 g/mol. The number of allylic oxidation sites excluding steroid dienone is 1. The number of rotatable bonds is 6. The van der Waals surface area contributed by atoms with Gasteiger partial charge in [-0.3, -0.25) is 4.90 Å². The predicted octanol–water partition coefficient (Wildman–Crippen LogP) is 3.13. The molecule has 0 bridgehead atoms. The molecule has 1 amide bonds. The Bertz CT molecular complexity index is 772. The molecule has 3 rings (SSSR count). The van der Waals surface area contributed by atoms with Gasteiger partial charge < -0.3 is 14.2 Å². The van der Waals surface area contributed by atoms with E-state index in [1.165, 1.54) is 12.0 Å². The van der Waals surface area contributed by atoms with Crippen molar-refractivity contribution in [1.29, 1.82) is 0 Å². The number of hydrogen-bond acceptors (Lipinski definition) is 6. The Morgan fingerprint density at radius 3 is 2.75 bits per heavy atom. The maximum atomic E-state index is 12.7. The molecule has 0 radical (unpaired) electrons. The van der Waals surface area contributed by atoms with E-state index in [2.05, 4.69) is 11.6 Å². The molecule has 1 aliphatic carbocycles. The zero-order chi connectivity index (χ0) is 20.5. The molecule has 0 aromatic carbocycles. The summed E-state index contributed by atoms with van der Waals surface area (Å²) < 4.78 is 16.4. The van der Waals surface area contributed by atoms with Crippen molar-refractivity contribution in [1.82, 2.24) is 9.88 Å². The molecule has 152 valence electrons. The second-order valence-electron chi connectivity index (χ2n) is 8.46. The maximum absolute atomic E-state index is 12.7. The van der Waals surface area contributed by atoms with E-state index in [1.54, 1.807) is 32.9 Å². The molecule has 1 aliphatic heterocycles. The molecule has 0 N–H and O–H groups in total. The molecule has 0 spiro atoms. The molecule has 3 atom stereocenters. The van der Waals surface area contributed by atoms with E-state index in [4.69, 9.17) is 14.2 Å². The first-order valence-corrected chi connectivity index (χ1v) is 9.48. The first-order valence-electron chi connectivity index (χ1n) is 9.48. The number of pyridine rings is 1. The molecule has 1 saturated carbocycles. The summed E-state index contributed by atoms with van der Waals surface area (Å²) in [6.07, 6.45) is 3.24. The summed E-state index contributed by atoms with van der Waals surface area (Å²) in [7, 11) is 1.33. The van der Waals surface area contributed by atoms with E-state index in [9.17, 15) is 9.59 Å². The molecule has 28 heavy (non-hydrogen) atoms. The van der Waals surface area contributed by atoms with Crippen LogP contribution in [-0.2, 0) is 20.7 Å². The third-order valence-electron chi connectivity index (χ3n) is 5.14. The molecule has 1 aromatic heterocycles. The molecule has 2 aliphatic rings. The molecule has 1 aromatic rings. The molecular formula is C21H28N2O5. The number of nitrogens with zero attached hydrogens (tertiary/aromatic N) is 2. The SMILES string of the molecule is C=CCc1cccc(OC[C@]23CC2N(C(=O)OC(C)(C)C)[C@H](C(=O)OC)C3)n1. The number of fused-ring (bicyclic) bond motifs is 1. The second-order valence-corrected chi connectivity index (χ2v) is 8.46. The highest BCUT2D eigenvalue weighted by molar-refractivity contribution is 5.83. The highest BCUT2D eigenvalue weighted by atomic mass is 16.6. The average Bonchev–Trinajstić information content (AvgIpc) is 3.22. The van der Waals surface area contributed by atoms with Crippen LogP contribution in [0.4, 0.5) is 4.79 Å². The molecule has 1 unspecified atom stereocenters. The normalized spacial score (nSPS) is 25.6. The van der Waals surface area contributed by atoms with Crippen LogP contribution in [0.1, 0.15) is 39.3 Å². The van der Waals surface area contributed by atoms with Crippen molar-refractivity contribution in [3.05, 3.63) is 36.5 Å². The molecule has 7 nitrogen and oxygen atoms in total. The number of carbonyl (C=O) groups excluding carboxylic acids is 2. The number of hydrogen-bond donors (Lipinski definition) is 0. The van der Waals surface area contributed by atoms with Gasteiger partial charge in [-0.25, -0.2) is 14.6 Å². The van der Waals surface area contributed by atoms with Crippen molar-refractivity contribution in [2.24, 2.45) is 5.41 Å². The first-order chi connectivity index (χ1) is 13.2. The van der Waals surface area contributed by atoms with Gasteiger partial charge in [-0.1, -0.05) is 12.1 Å². The van der Waals surface area contributed by atoms with Crippen LogP contribution in [-0.4, -0.2) is 53.3 Å². The van der Waals surface area contributed by atoms with E-state index in [0.717, 1.165) is 12.1 Å². The van der Waals surface area contributed by atoms with Crippen molar-refractivity contribution in [3.8, 4) is 5.88 Å². The van der Waals surface area contributed by atoms with Gasteiger partial charge >= 0.3 is 12.1 Å². The van der Waals surface area contributed by atoms with Gasteiger partial charge in [0.05, 0.1) is 13.7 Å². The summed E-state index contributed by atoms with van der Waals surface area (Å²) in [5, 5.41) is 0. The Hall–Kier alpha value is -2.57. The topological polar surface area (TPSA) is 78.0 Å². The zero-order valence-electron chi connectivity index (χ0n) is 16.9. The molecule has 2 heterocycles. The van der Waals surface area contributed by atoms with Gasteiger partial charge in [0.15, 0.2) is 0 Å². The number of ether oxygens (including phenoxy) is 3. The summed E-state index contributed by atoms with van der Waals surface area (Å²) in [4.78, 5) is 30.9. The van der Waals surface area contributed by atoms with Gasteiger partial charge in [-0.2, -0.15) is 0 Å². The zero-order valence-corrected chi connectivity index (χ0v) is 16.9. The molecule has 1 saturated heterocycles. The van der Waals surface area contributed by atoms with Crippen molar-refractivity contribution in [2.45, 2.75) is 57.7 Å². The molecular weight excluding hydrogens is 360 g/mol. The lowest BCUT2D eigenvalue weighted by molar-refractivity contribution is -0.146. The Morgan fingerprint density at radius 1 is 1.36 bits per heavy atom. The van der Waals surface area contributed by atoms with E-state index in [-0.39, 0.29) is 11.5 Å². The van der Waals surface area contributed by atoms with Crippen molar-refractivity contribution >= 4 is 12.1 Å². The van der Waals surface area contributed by atoms with E-state index < -0.39 is 23.7 Å². The van der Waals surface area contributed by atoms with Gasteiger partial charge in [0, 0.05) is 29.6 Å². The Labute approximate surface area is 165 Å². The first kappa shape index (κ1) is 20.2. The fraction of sp³-hybridized carbons (Fsp3) is 0.571. The van der Waals surface area contributed by atoms with E-state index >= 15 is 0 Å². The Balaban J connectivity index is 1.71. The van der Waals surface area contributed by atoms with Crippen LogP contribution in [0.3, 0.4) is 0 Å². The third kappa shape index (κ3) is 4.13. The van der Waals surface area contributed by atoms with Crippen molar-refractivity contribution < 1.29 is 23.8 Å². The number of likely N-dealkylation sites (tertiary alicyclic amines) is 1.